The third kappa shape index (κ3) is 2.64. The summed E-state index contributed by atoms with van der Waals surface area (Å²) >= 11 is 0. The summed E-state index contributed by atoms with van der Waals surface area (Å²) in [5.74, 6) is -8.93. The van der Waals surface area contributed by atoms with E-state index in [1.807, 2.05) is 13.0 Å². The van der Waals surface area contributed by atoms with Crippen molar-refractivity contribution < 1.29 is 30.9 Å². The molecular weight excluding hydrogens is 357 g/mol. The Labute approximate surface area is 142 Å². The zero-order valence-corrected chi connectivity index (χ0v) is 14.8. The first-order valence-electron chi connectivity index (χ1n) is 7.52. The van der Waals surface area contributed by atoms with Crippen molar-refractivity contribution in [1.29, 1.82) is 0 Å². The molecule has 1 aliphatic heterocycles. The molecule has 2 aromatic carbocycles. The van der Waals surface area contributed by atoms with E-state index in [0.29, 0.717) is 11.3 Å². The van der Waals surface area contributed by atoms with Gasteiger partial charge in [0.15, 0.2) is 29.5 Å². The Balaban J connectivity index is 2.19. The minimum Gasteiger partial charge on any atom is -0.437 e. The largest absolute Gasteiger partial charge is 0.437 e. The van der Waals surface area contributed by atoms with Gasteiger partial charge in [-0.25, -0.2) is 22.0 Å². The van der Waals surface area contributed by atoms with Crippen LogP contribution in [0.5, 0.6) is 5.75 Å². The van der Waals surface area contributed by atoms with Crippen LogP contribution in [-0.4, -0.2) is 25.4 Å². The summed E-state index contributed by atoms with van der Waals surface area (Å²) < 4.78 is 76.2. The van der Waals surface area contributed by atoms with Crippen molar-refractivity contribution >= 4 is 19.6 Å². The number of benzene rings is 2. The molecular formula is C17H15F5NOSi+. The van der Waals surface area contributed by atoms with Gasteiger partial charge in [-0.15, -0.1) is 0 Å². The third-order valence-corrected chi connectivity index (χ3v) is 7.78. The van der Waals surface area contributed by atoms with E-state index in [2.05, 4.69) is 0 Å². The second-order valence-electron chi connectivity index (χ2n) is 6.37. The SMILES string of the molecule is Cc1cccc2c1OC[N+]([Si](C)(C)c1c(F)c(F)c(F)c(F)c1F)=C2. The van der Waals surface area contributed by atoms with E-state index in [-0.39, 0.29) is 6.73 Å². The summed E-state index contributed by atoms with van der Waals surface area (Å²) in [6.45, 7) is 4.84. The highest BCUT2D eigenvalue weighted by molar-refractivity contribution is 6.83. The van der Waals surface area contributed by atoms with Crippen LogP contribution in [0, 0.1) is 36.0 Å². The lowest BCUT2D eigenvalue weighted by Gasteiger charge is -2.25. The standard InChI is InChI=1S/C17H15F5NOSi/c1-9-5-4-6-10-7-23(8-24-16(9)10)25(2,3)17-14(21)12(19)11(18)13(20)15(17)22/h4-7H,8H2,1-3H3/q+1. The molecule has 2 aromatic rings. The average Bonchev–Trinajstić information content (AvgIpc) is 2.58. The fourth-order valence-corrected chi connectivity index (χ4v) is 5.35. The number of hydrogen-bond acceptors (Lipinski definition) is 1. The van der Waals surface area contributed by atoms with Crippen molar-refractivity contribution in [2.75, 3.05) is 6.73 Å². The van der Waals surface area contributed by atoms with Crippen molar-refractivity contribution in [3.63, 3.8) is 0 Å². The van der Waals surface area contributed by atoms with Gasteiger partial charge < -0.3 is 4.74 Å². The molecule has 0 bridgehead atoms. The van der Waals surface area contributed by atoms with E-state index in [0.717, 1.165) is 5.56 Å². The second-order valence-corrected chi connectivity index (χ2v) is 10.6. The Kier molecular flexibility index (Phi) is 4.18. The van der Waals surface area contributed by atoms with Gasteiger partial charge in [-0.2, -0.15) is 0 Å². The van der Waals surface area contributed by atoms with Crippen molar-refractivity contribution in [2.24, 2.45) is 0 Å². The zero-order valence-electron chi connectivity index (χ0n) is 13.8. The average molecular weight is 372 g/mol. The zero-order chi connectivity index (χ0) is 18.5. The second kappa shape index (κ2) is 5.94. The molecule has 0 aromatic heterocycles. The molecule has 0 aliphatic carbocycles. The van der Waals surface area contributed by atoms with Gasteiger partial charge in [0.2, 0.25) is 5.82 Å². The van der Waals surface area contributed by atoms with Crippen LogP contribution >= 0.6 is 0 Å². The maximum absolute atomic E-state index is 14.2. The number of nitrogens with zero attached hydrogens (tertiary/aromatic N) is 1. The number of hydrogen-bond donors (Lipinski definition) is 0. The van der Waals surface area contributed by atoms with Crippen LogP contribution in [0.4, 0.5) is 22.0 Å². The van der Waals surface area contributed by atoms with Crippen LogP contribution in [0.2, 0.25) is 13.1 Å². The van der Waals surface area contributed by atoms with E-state index in [1.54, 1.807) is 18.3 Å². The molecule has 0 radical (unpaired) electrons. The first-order valence-corrected chi connectivity index (χ1v) is 10.5. The van der Waals surface area contributed by atoms with Crippen LogP contribution < -0.4 is 9.92 Å². The van der Waals surface area contributed by atoms with Crippen molar-refractivity contribution in [2.45, 2.75) is 20.0 Å². The van der Waals surface area contributed by atoms with Gasteiger partial charge in [0.05, 0.1) is 10.8 Å². The maximum Gasteiger partial charge on any atom is 0.393 e. The van der Waals surface area contributed by atoms with Crippen LogP contribution in [-0.2, 0) is 0 Å². The molecule has 3 rings (SSSR count). The van der Waals surface area contributed by atoms with Crippen LogP contribution in [0.3, 0.4) is 0 Å². The molecule has 132 valence electrons. The first kappa shape index (κ1) is 17.6. The van der Waals surface area contributed by atoms with E-state index < -0.39 is 42.5 Å². The Morgan fingerprint density at radius 3 is 2.08 bits per heavy atom. The fraction of sp³-hybridized carbons (Fsp3) is 0.235. The number of fused-ring (bicyclic) bond motifs is 1. The molecule has 0 saturated heterocycles. The molecule has 0 spiro atoms. The Morgan fingerprint density at radius 2 is 1.48 bits per heavy atom. The maximum atomic E-state index is 14.2. The monoisotopic (exact) mass is 372 g/mol. The predicted octanol–water partition coefficient (Wildman–Crippen LogP) is 3.58. The van der Waals surface area contributed by atoms with Gasteiger partial charge in [-0.05, 0) is 31.6 Å². The van der Waals surface area contributed by atoms with E-state index in [9.17, 15) is 22.0 Å². The van der Waals surface area contributed by atoms with Crippen LogP contribution in [0.1, 0.15) is 11.1 Å². The quantitative estimate of drug-likeness (QED) is 0.340. The summed E-state index contributed by atoms with van der Waals surface area (Å²) in [7, 11) is -3.28. The Bertz CT molecular complexity index is 881. The molecule has 0 fully saturated rings. The molecule has 0 saturated carbocycles. The first-order chi connectivity index (χ1) is 11.7. The van der Waals surface area contributed by atoms with Gasteiger partial charge in [0.1, 0.15) is 5.75 Å². The molecule has 0 amide bonds. The molecule has 1 aliphatic rings. The van der Waals surface area contributed by atoms with Gasteiger partial charge in [0, 0.05) is 0 Å². The van der Waals surface area contributed by atoms with Gasteiger partial charge >= 0.3 is 8.24 Å². The number of ether oxygens (including phenoxy) is 1. The van der Waals surface area contributed by atoms with E-state index in [4.69, 9.17) is 4.74 Å². The summed E-state index contributed by atoms with van der Waals surface area (Å²) in [5, 5.41) is -0.764. The van der Waals surface area contributed by atoms with Crippen molar-refractivity contribution in [3.8, 4) is 5.75 Å². The molecule has 0 unspecified atom stereocenters. The highest BCUT2D eigenvalue weighted by Gasteiger charge is 2.48. The number of halogens is 5. The number of aryl methyl sites for hydroxylation is 1. The molecule has 8 heteroatoms. The van der Waals surface area contributed by atoms with E-state index in [1.165, 1.54) is 17.3 Å². The fourth-order valence-electron chi connectivity index (χ4n) is 2.92. The summed E-state index contributed by atoms with van der Waals surface area (Å²) in [6.07, 6.45) is 1.65. The van der Waals surface area contributed by atoms with Gasteiger partial charge in [-0.1, -0.05) is 12.1 Å². The molecule has 25 heavy (non-hydrogen) atoms. The van der Waals surface area contributed by atoms with Crippen molar-refractivity contribution in [1.82, 2.24) is 0 Å². The predicted molar refractivity (Wildman–Crippen MR) is 85.4 cm³/mol. The highest BCUT2D eigenvalue weighted by Crippen LogP contribution is 2.26. The molecule has 1 heterocycles. The lowest BCUT2D eigenvalue weighted by Crippen LogP contribution is -2.58. The summed E-state index contributed by atoms with van der Waals surface area (Å²) in [5.41, 5.74) is 1.58. The Hall–Kier alpha value is -2.22. The summed E-state index contributed by atoms with van der Waals surface area (Å²) in [6, 6.07) is 5.41. The topological polar surface area (TPSA) is 12.2 Å². The van der Waals surface area contributed by atoms with E-state index >= 15 is 0 Å². The van der Waals surface area contributed by atoms with Crippen LogP contribution in [0.15, 0.2) is 18.2 Å². The molecule has 2 nitrogen and oxygen atoms in total. The van der Waals surface area contributed by atoms with Crippen molar-refractivity contribution in [3.05, 3.63) is 58.4 Å². The summed E-state index contributed by atoms with van der Waals surface area (Å²) in [4.78, 5) is 0. The smallest absolute Gasteiger partial charge is 0.393 e. The molecule has 0 N–H and O–H groups in total. The molecule has 0 atom stereocenters. The third-order valence-electron chi connectivity index (χ3n) is 4.42. The number of para-hydroxylation sites is 1. The highest BCUT2D eigenvalue weighted by atomic mass is 28.3. The Morgan fingerprint density at radius 1 is 0.920 bits per heavy atom. The lowest BCUT2D eigenvalue weighted by atomic mass is 10.1. The normalized spacial score (nSPS) is 14.0. The van der Waals surface area contributed by atoms with Crippen LogP contribution in [0.25, 0.3) is 0 Å². The van der Waals surface area contributed by atoms with Gasteiger partial charge in [-0.3, -0.25) is 4.24 Å². The number of rotatable bonds is 2. The minimum absolute atomic E-state index is 0.0312. The minimum atomic E-state index is -3.28. The lowest BCUT2D eigenvalue weighted by molar-refractivity contribution is -0.436. The van der Waals surface area contributed by atoms with Gasteiger partial charge in [0.25, 0.3) is 6.73 Å².